The molecular weight excluding hydrogens is 361 g/mol. The second-order valence-electron chi connectivity index (χ2n) is 6.23. The number of anilines is 2. The van der Waals surface area contributed by atoms with E-state index >= 15 is 0 Å². The molecule has 2 aromatic carbocycles. The highest BCUT2D eigenvalue weighted by Gasteiger charge is 2.32. The molecule has 0 unspecified atom stereocenters. The summed E-state index contributed by atoms with van der Waals surface area (Å²) in [6, 6.07) is 8.65. The third-order valence-electron chi connectivity index (χ3n) is 4.17. The maximum atomic E-state index is 12.9. The van der Waals surface area contributed by atoms with Crippen LogP contribution in [0.15, 0.2) is 36.4 Å². The minimum Gasteiger partial charge on any atom is -0.484 e. The van der Waals surface area contributed by atoms with E-state index in [1.54, 1.807) is 18.2 Å². The molecule has 0 atom stereocenters. The SMILES string of the molecule is Cc1ccc(NC(=O)COc2ccc3c(c2)CCC(=O)N3)cc1C(F)(F)F. The lowest BCUT2D eigenvalue weighted by Crippen LogP contribution is -2.21. The molecule has 8 heteroatoms. The Kier molecular flexibility index (Phi) is 5.07. The van der Waals surface area contributed by atoms with E-state index in [0.717, 1.165) is 11.6 Å². The monoisotopic (exact) mass is 378 g/mol. The molecule has 1 heterocycles. The number of hydrogen-bond acceptors (Lipinski definition) is 3. The Balaban J connectivity index is 1.61. The van der Waals surface area contributed by atoms with Gasteiger partial charge in [0, 0.05) is 17.8 Å². The van der Waals surface area contributed by atoms with Gasteiger partial charge in [0.2, 0.25) is 5.91 Å². The van der Waals surface area contributed by atoms with Crippen LogP contribution in [0.25, 0.3) is 0 Å². The lowest BCUT2D eigenvalue weighted by atomic mass is 10.0. The lowest BCUT2D eigenvalue weighted by molar-refractivity contribution is -0.138. The third-order valence-corrected chi connectivity index (χ3v) is 4.17. The zero-order valence-electron chi connectivity index (χ0n) is 14.4. The van der Waals surface area contributed by atoms with Crippen molar-refractivity contribution in [1.82, 2.24) is 0 Å². The van der Waals surface area contributed by atoms with Gasteiger partial charge in [0.05, 0.1) is 5.56 Å². The Morgan fingerprint density at radius 3 is 2.70 bits per heavy atom. The molecule has 142 valence electrons. The molecule has 2 aromatic rings. The van der Waals surface area contributed by atoms with Gasteiger partial charge in [-0.1, -0.05) is 6.07 Å². The Morgan fingerprint density at radius 1 is 1.19 bits per heavy atom. The molecule has 0 saturated heterocycles. The number of alkyl halides is 3. The van der Waals surface area contributed by atoms with E-state index in [9.17, 15) is 22.8 Å². The fourth-order valence-corrected chi connectivity index (χ4v) is 2.80. The van der Waals surface area contributed by atoms with Crippen molar-refractivity contribution in [1.29, 1.82) is 0 Å². The molecule has 2 amide bonds. The van der Waals surface area contributed by atoms with E-state index in [1.807, 2.05) is 0 Å². The molecule has 3 rings (SSSR count). The van der Waals surface area contributed by atoms with Crippen molar-refractivity contribution in [2.45, 2.75) is 25.9 Å². The van der Waals surface area contributed by atoms with Gasteiger partial charge in [-0.05, 0) is 54.8 Å². The molecule has 27 heavy (non-hydrogen) atoms. The molecule has 0 aromatic heterocycles. The summed E-state index contributed by atoms with van der Waals surface area (Å²) in [7, 11) is 0. The minimum atomic E-state index is -4.49. The maximum Gasteiger partial charge on any atom is 0.416 e. The molecule has 0 bridgehead atoms. The first kappa shape index (κ1) is 18.8. The minimum absolute atomic E-state index is 0.0492. The summed E-state index contributed by atoms with van der Waals surface area (Å²) in [6.45, 7) is 1.01. The Morgan fingerprint density at radius 2 is 1.96 bits per heavy atom. The van der Waals surface area contributed by atoms with Crippen LogP contribution in [0, 0.1) is 6.92 Å². The summed E-state index contributed by atoms with van der Waals surface area (Å²) in [5.41, 5.74) is 0.953. The number of carbonyl (C=O) groups is 2. The summed E-state index contributed by atoms with van der Waals surface area (Å²) in [5, 5.41) is 5.14. The fraction of sp³-hybridized carbons (Fsp3) is 0.263. The zero-order valence-corrected chi connectivity index (χ0v) is 14.4. The molecule has 0 radical (unpaired) electrons. The van der Waals surface area contributed by atoms with E-state index in [1.165, 1.54) is 19.1 Å². The quantitative estimate of drug-likeness (QED) is 0.848. The van der Waals surface area contributed by atoms with Gasteiger partial charge >= 0.3 is 6.18 Å². The van der Waals surface area contributed by atoms with Gasteiger partial charge in [0.25, 0.3) is 5.91 Å². The van der Waals surface area contributed by atoms with Crippen LogP contribution in [-0.2, 0) is 22.2 Å². The topological polar surface area (TPSA) is 67.4 Å². The highest BCUT2D eigenvalue weighted by molar-refractivity contribution is 5.94. The molecule has 0 spiro atoms. The number of carbonyl (C=O) groups excluding carboxylic acids is 2. The first-order chi connectivity index (χ1) is 12.7. The van der Waals surface area contributed by atoms with Crippen LogP contribution in [0.3, 0.4) is 0 Å². The second kappa shape index (κ2) is 7.30. The maximum absolute atomic E-state index is 12.9. The van der Waals surface area contributed by atoms with Crippen molar-refractivity contribution < 1.29 is 27.5 Å². The van der Waals surface area contributed by atoms with Crippen LogP contribution in [0.5, 0.6) is 5.75 Å². The normalized spacial score (nSPS) is 13.6. The summed E-state index contributed by atoms with van der Waals surface area (Å²) in [5.74, 6) is -0.176. The fourth-order valence-electron chi connectivity index (χ4n) is 2.80. The molecular formula is C19H17F3N2O3. The van der Waals surface area contributed by atoms with Crippen LogP contribution in [0.4, 0.5) is 24.5 Å². The standard InChI is InChI=1S/C19H17F3N2O3/c1-11-2-4-13(9-15(11)19(20,21)22)23-18(26)10-27-14-5-6-16-12(8-14)3-7-17(25)24-16/h2,4-6,8-9H,3,7,10H2,1H3,(H,23,26)(H,24,25). The Hall–Kier alpha value is -3.03. The number of ether oxygens (including phenoxy) is 1. The number of amides is 2. The number of aryl methyl sites for hydroxylation is 2. The van der Waals surface area contributed by atoms with Crippen molar-refractivity contribution in [3.8, 4) is 5.75 Å². The third kappa shape index (κ3) is 4.58. The number of hydrogen-bond donors (Lipinski definition) is 2. The van der Waals surface area contributed by atoms with Crippen molar-refractivity contribution in [3.63, 3.8) is 0 Å². The average molecular weight is 378 g/mol. The van der Waals surface area contributed by atoms with Gasteiger partial charge in [0.1, 0.15) is 5.75 Å². The summed E-state index contributed by atoms with van der Waals surface area (Å²) in [6.07, 6.45) is -3.53. The molecule has 0 fully saturated rings. The lowest BCUT2D eigenvalue weighted by Gasteiger charge is -2.17. The van der Waals surface area contributed by atoms with E-state index in [-0.39, 0.29) is 23.8 Å². The van der Waals surface area contributed by atoms with Gasteiger partial charge in [-0.3, -0.25) is 9.59 Å². The van der Waals surface area contributed by atoms with E-state index in [2.05, 4.69) is 10.6 Å². The summed E-state index contributed by atoms with van der Waals surface area (Å²) in [4.78, 5) is 23.3. The molecule has 0 saturated carbocycles. The predicted molar refractivity (Wildman–Crippen MR) is 93.7 cm³/mol. The van der Waals surface area contributed by atoms with Crippen LogP contribution < -0.4 is 15.4 Å². The number of fused-ring (bicyclic) bond motifs is 1. The zero-order chi connectivity index (χ0) is 19.6. The van der Waals surface area contributed by atoms with E-state index in [4.69, 9.17) is 4.74 Å². The molecule has 2 N–H and O–H groups in total. The Labute approximate surface area is 153 Å². The van der Waals surface area contributed by atoms with Crippen molar-refractivity contribution >= 4 is 23.2 Å². The van der Waals surface area contributed by atoms with Crippen molar-refractivity contribution in [2.24, 2.45) is 0 Å². The van der Waals surface area contributed by atoms with Crippen LogP contribution >= 0.6 is 0 Å². The average Bonchev–Trinajstić information content (AvgIpc) is 2.60. The predicted octanol–water partition coefficient (Wildman–Crippen LogP) is 3.92. The number of benzene rings is 2. The van der Waals surface area contributed by atoms with Crippen LogP contribution in [0.2, 0.25) is 0 Å². The van der Waals surface area contributed by atoms with Gasteiger partial charge < -0.3 is 15.4 Å². The summed E-state index contributed by atoms with van der Waals surface area (Å²) >= 11 is 0. The largest absolute Gasteiger partial charge is 0.484 e. The smallest absolute Gasteiger partial charge is 0.416 e. The molecule has 0 aliphatic carbocycles. The number of nitrogens with one attached hydrogen (secondary N) is 2. The van der Waals surface area contributed by atoms with E-state index < -0.39 is 17.6 Å². The van der Waals surface area contributed by atoms with Gasteiger partial charge in [0.15, 0.2) is 6.61 Å². The van der Waals surface area contributed by atoms with Crippen molar-refractivity contribution in [3.05, 3.63) is 53.1 Å². The first-order valence-electron chi connectivity index (χ1n) is 8.25. The molecule has 1 aliphatic heterocycles. The van der Waals surface area contributed by atoms with Gasteiger partial charge in [-0.25, -0.2) is 0 Å². The molecule has 1 aliphatic rings. The Bertz CT molecular complexity index is 894. The van der Waals surface area contributed by atoms with Crippen LogP contribution in [-0.4, -0.2) is 18.4 Å². The van der Waals surface area contributed by atoms with Gasteiger partial charge in [-0.15, -0.1) is 0 Å². The highest BCUT2D eigenvalue weighted by atomic mass is 19.4. The molecule has 5 nitrogen and oxygen atoms in total. The van der Waals surface area contributed by atoms with E-state index in [0.29, 0.717) is 24.3 Å². The van der Waals surface area contributed by atoms with Crippen LogP contribution in [0.1, 0.15) is 23.1 Å². The van der Waals surface area contributed by atoms with Gasteiger partial charge in [-0.2, -0.15) is 13.2 Å². The first-order valence-corrected chi connectivity index (χ1v) is 8.25. The second-order valence-corrected chi connectivity index (χ2v) is 6.23. The van der Waals surface area contributed by atoms with Crippen molar-refractivity contribution in [2.75, 3.05) is 17.2 Å². The number of halogens is 3. The highest BCUT2D eigenvalue weighted by Crippen LogP contribution is 2.33. The number of rotatable bonds is 4. The summed E-state index contributed by atoms with van der Waals surface area (Å²) < 4.78 is 44.2.